The summed E-state index contributed by atoms with van der Waals surface area (Å²) >= 11 is 6.60. The van der Waals surface area contributed by atoms with Crippen LogP contribution in [0, 0.1) is 0 Å². The zero-order valence-electron chi connectivity index (χ0n) is 17.1. The van der Waals surface area contributed by atoms with Crippen molar-refractivity contribution in [2.24, 2.45) is 0 Å². The zero-order chi connectivity index (χ0) is 22.0. The largest absolute Gasteiger partial charge is 0.309 e. The fourth-order valence-electron chi connectivity index (χ4n) is 4.14. The summed E-state index contributed by atoms with van der Waals surface area (Å²) < 4.78 is 0. The highest BCUT2D eigenvalue weighted by atomic mass is 32.1. The molecule has 2 aliphatic rings. The van der Waals surface area contributed by atoms with Gasteiger partial charge in [0.25, 0.3) is 11.8 Å². The summed E-state index contributed by atoms with van der Waals surface area (Å²) in [5.41, 5.74) is 2.45. The van der Waals surface area contributed by atoms with E-state index in [0.717, 1.165) is 19.5 Å². The lowest BCUT2D eigenvalue weighted by Gasteiger charge is -2.18. The van der Waals surface area contributed by atoms with Crippen molar-refractivity contribution in [3.05, 3.63) is 80.2 Å². The second-order valence-corrected chi connectivity index (χ2v) is 11.5. The Morgan fingerprint density at radius 3 is 1.34 bits per heavy atom. The highest BCUT2D eigenvalue weighted by Crippen LogP contribution is 2.49. The maximum atomic E-state index is 13.4. The van der Waals surface area contributed by atoms with E-state index >= 15 is 0 Å². The number of hydrogen-bond acceptors (Lipinski definition) is 6. The molecule has 0 N–H and O–H groups in total. The summed E-state index contributed by atoms with van der Waals surface area (Å²) in [5.74, 6) is -0.250. The molecule has 158 valence electrons. The minimum Gasteiger partial charge on any atom is -0.309 e. The van der Waals surface area contributed by atoms with E-state index in [2.05, 4.69) is 35.0 Å². The van der Waals surface area contributed by atoms with Crippen LogP contribution in [-0.4, -0.2) is 35.7 Å². The van der Waals surface area contributed by atoms with Gasteiger partial charge in [0.1, 0.15) is 0 Å². The summed E-state index contributed by atoms with van der Waals surface area (Å²) in [5, 5.41) is 4.10. The summed E-state index contributed by atoms with van der Waals surface area (Å²) in [6.45, 7) is 0. The van der Waals surface area contributed by atoms with Crippen LogP contribution in [0.25, 0.3) is 30.9 Å². The second-order valence-electron chi connectivity index (χ2n) is 7.46. The number of fused-ring (bicyclic) bond motifs is 1. The molecule has 4 nitrogen and oxygen atoms in total. The third-order valence-electron chi connectivity index (χ3n) is 5.64. The molecule has 4 aromatic rings. The molecule has 0 aliphatic carbocycles. The maximum absolute atomic E-state index is 13.4. The van der Waals surface area contributed by atoms with E-state index in [1.807, 2.05) is 24.3 Å². The number of likely N-dealkylation sites (N-methyl/N-ethyl adjacent to an activating group) is 2. The normalized spacial score (nSPS) is 16.2. The predicted octanol–water partition coefficient (Wildman–Crippen LogP) is 6.33. The number of hydrogen-bond donors (Lipinski definition) is 0. The molecule has 0 aromatic carbocycles. The van der Waals surface area contributed by atoms with Crippen molar-refractivity contribution in [2.45, 2.75) is 0 Å². The van der Waals surface area contributed by atoms with Crippen LogP contribution in [-0.2, 0) is 9.59 Å². The van der Waals surface area contributed by atoms with E-state index in [-0.39, 0.29) is 11.8 Å². The first kappa shape index (κ1) is 19.9. The van der Waals surface area contributed by atoms with Crippen molar-refractivity contribution in [1.29, 1.82) is 0 Å². The molecule has 0 saturated carbocycles. The van der Waals surface area contributed by atoms with Crippen LogP contribution in [0.5, 0.6) is 0 Å². The van der Waals surface area contributed by atoms with Gasteiger partial charge < -0.3 is 9.80 Å². The van der Waals surface area contributed by atoms with Gasteiger partial charge in [0.05, 0.1) is 32.3 Å². The predicted molar refractivity (Wildman–Crippen MR) is 135 cm³/mol. The van der Waals surface area contributed by atoms with Crippen LogP contribution in [0.1, 0.15) is 9.75 Å². The van der Waals surface area contributed by atoms with Crippen molar-refractivity contribution >= 4 is 68.6 Å². The fourth-order valence-corrected chi connectivity index (χ4v) is 7.99. The van der Waals surface area contributed by atoms with Crippen molar-refractivity contribution in [2.75, 3.05) is 14.1 Å². The molecule has 0 atom stereocenters. The third kappa shape index (κ3) is 2.84. The van der Waals surface area contributed by atoms with Gasteiger partial charge in [-0.2, -0.15) is 0 Å². The van der Waals surface area contributed by atoms with Gasteiger partial charge in [-0.15, -0.1) is 45.3 Å². The Labute approximate surface area is 201 Å². The SMILES string of the molecule is CN1C(=O)C2=C(c3ccc(-c4cccs4)s3)N(C)C(=O)C2=C1c1ccc(-c2cccs2)s1. The molecule has 0 radical (unpaired) electrons. The third-order valence-corrected chi connectivity index (χ3v) is 9.95. The standard InChI is InChI=1S/C24H16N2O2S4/c1-25-21(17-9-7-15(31-17)13-5-3-11-29-13)19-20(23(25)27)22(26(2)24(19)28)18-10-8-16(32-18)14-6-4-12-30-14/h3-12H,1-2H3. The number of rotatable bonds is 4. The summed E-state index contributed by atoms with van der Waals surface area (Å²) in [6.07, 6.45) is 0. The summed E-state index contributed by atoms with van der Waals surface area (Å²) in [4.78, 5) is 36.5. The fraction of sp³-hybridized carbons (Fsp3) is 0.0833. The minimum atomic E-state index is -0.125. The van der Waals surface area contributed by atoms with Crippen LogP contribution >= 0.6 is 45.3 Å². The molecule has 0 unspecified atom stereocenters. The molecule has 0 fully saturated rings. The Balaban J connectivity index is 1.50. The van der Waals surface area contributed by atoms with E-state index in [9.17, 15) is 9.59 Å². The number of thiophene rings is 4. The Morgan fingerprint density at radius 1 is 0.562 bits per heavy atom. The zero-order valence-corrected chi connectivity index (χ0v) is 20.4. The molecule has 6 heterocycles. The lowest BCUT2D eigenvalue weighted by Crippen LogP contribution is -2.24. The Kier molecular flexibility index (Phi) is 4.58. The topological polar surface area (TPSA) is 40.6 Å². The van der Waals surface area contributed by atoms with Crippen molar-refractivity contribution in [1.82, 2.24) is 9.80 Å². The molecule has 0 bridgehead atoms. The van der Waals surface area contributed by atoms with Crippen LogP contribution in [0.3, 0.4) is 0 Å². The molecular weight excluding hydrogens is 477 g/mol. The molecule has 4 aromatic heterocycles. The summed E-state index contributed by atoms with van der Waals surface area (Å²) in [7, 11) is 3.52. The van der Waals surface area contributed by atoms with Gasteiger partial charge >= 0.3 is 0 Å². The number of amides is 2. The Bertz CT molecular complexity index is 1320. The number of carbonyl (C=O) groups excluding carboxylic acids is 2. The van der Waals surface area contributed by atoms with E-state index in [1.54, 1.807) is 69.2 Å². The van der Waals surface area contributed by atoms with E-state index in [4.69, 9.17) is 0 Å². The van der Waals surface area contributed by atoms with Crippen LogP contribution in [0.4, 0.5) is 0 Å². The first-order valence-electron chi connectivity index (χ1n) is 9.88. The molecule has 2 aliphatic heterocycles. The molecule has 6 rings (SSSR count). The average Bonchev–Trinajstić information content (AvgIpc) is 3.59. The van der Waals surface area contributed by atoms with Crippen molar-refractivity contribution in [3.63, 3.8) is 0 Å². The molecule has 2 amide bonds. The smallest absolute Gasteiger partial charge is 0.261 e. The average molecular weight is 493 g/mol. The molecule has 8 heteroatoms. The van der Waals surface area contributed by atoms with Gasteiger partial charge in [-0.05, 0) is 47.2 Å². The van der Waals surface area contributed by atoms with Crippen molar-refractivity contribution < 1.29 is 9.59 Å². The van der Waals surface area contributed by atoms with Crippen LogP contribution in [0.15, 0.2) is 70.4 Å². The van der Waals surface area contributed by atoms with Gasteiger partial charge in [0.15, 0.2) is 0 Å². The second kappa shape index (κ2) is 7.38. The monoisotopic (exact) mass is 492 g/mol. The van der Waals surface area contributed by atoms with Crippen LogP contribution < -0.4 is 0 Å². The van der Waals surface area contributed by atoms with Gasteiger partial charge in [-0.3, -0.25) is 9.59 Å². The van der Waals surface area contributed by atoms with Gasteiger partial charge in [0.2, 0.25) is 0 Å². The lowest BCUT2D eigenvalue weighted by atomic mass is 10.1. The molecule has 0 saturated heterocycles. The van der Waals surface area contributed by atoms with Crippen LogP contribution in [0.2, 0.25) is 0 Å². The number of carbonyl (C=O) groups is 2. The van der Waals surface area contributed by atoms with Crippen molar-refractivity contribution in [3.8, 4) is 19.5 Å². The summed E-state index contributed by atoms with van der Waals surface area (Å²) in [6, 6.07) is 16.4. The lowest BCUT2D eigenvalue weighted by molar-refractivity contribution is -0.123. The highest BCUT2D eigenvalue weighted by molar-refractivity contribution is 7.22. The quantitative estimate of drug-likeness (QED) is 0.334. The number of nitrogens with zero attached hydrogens (tertiary/aromatic N) is 2. The first-order chi connectivity index (χ1) is 15.5. The Morgan fingerprint density at radius 2 is 0.969 bits per heavy atom. The molecule has 32 heavy (non-hydrogen) atoms. The van der Waals surface area contributed by atoms with E-state index in [0.29, 0.717) is 22.5 Å². The van der Waals surface area contributed by atoms with Gasteiger partial charge in [0, 0.05) is 33.6 Å². The maximum Gasteiger partial charge on any atom is 0.261 e. The van der Waals surface area contributed by atoms with Gasteiger partial charge in [-0.1, -0.05) is 12.1 Å². The van der Waals surface area contributed by atoms with E-state index in [1.165, 1.54) is 9.75 Å². The molecular formula is C24H16N2O2S4. The Hall–Kier alpha value is -2.78. The van der Waals surface area contributed by atoms with E-state index < -0.39 is 0 Å². The van der Waals surface area contributed by atoms with Gasteiger partial charge in [-0.25, -0.2) is 0 Å². The minimum absolute atomic E-state index is 0.125. The highest BCUT2D eigenvalue weighted by Gasteiger charge is 2.47. The first-order valence-corrected chi connectivity index (χ1v) is 13.3. The molecule has 0 spiro atoms.